The molecule has 1 atom stereocenters. The molecule has 3 nitrogen and oxygen atoms in total. The Morgan fingerprint density at radius 2 is 1.40 bits per heavy atom. The smallest absolute Gasteiger partial charge is 0.153 e. The summed E-state index contributed by atoms with van der Waals surface area (Å²) < 4.78 is 8.70. The lowest BCUT2D eigenvalue weighted by Gasteiger charge is -1.34. The third-order valence-electron chi connectivity index (χ3n) is 0. The fraction of sp³-hybridized carbons (Fsp3) is 0. The molecule has 0 saturated heterocycles. The Morgan fingerprint density at radius 3 is 1.40 bits per heavy atom. The fourth-order valence-electron chi connectivity index (χ4n) is 0. The standard InChI is InChI=1S/HO3P.H3P/c1-4(2)3;/h(H-,1,2,3);1H3/p+1. The Bertz CT molecular complexity index is 27.9. The van der Waals surface area contributed by atoms with Gasteiger partial charge in [0.05, 0.1) is 0 Å². The van der Waals surface area contributed by atoms with E-state index in [1.807, 2.05) is 0 Å². The third-order valence-corrected chi connectivity index (χ3v) is 0. The van der Waals surface area contributed by atoms with E-state index < -0.39 is 8.25 Å². The van der Waals surface area contributed by atoms with E-state index >= 15 is 0 Å². The lowest BCUT2D eigenvalue weighted by atomic mass is 15.8. The first-order valence-electron chi connectivity index (χ1n) is 0.583. The van der Waals surface area contributed by atoms with Crippen LogP contribution in [0.2, 0.25) is 0 Å². The van der Waals surface area contributed by atoms with Gasteiger partial charge >= 0.3 is 8.25 Å². The van der Waals surface area contributed by atoms with Crippen LogP contribution < -0.4 is 0 Å². The van der Waals surface area contributed by atoms with E-state index in [0.717, 1.165) is 0 Å². The van der Waals surface area contributed by atoms with Crippen LogP contribution in [0.5, 0.6) is 0 Å². The van der Waals surface area contributed by atoms with Crippen LogP contribution in [-0.2, 0) is 4.57 Å². The third kappa shape index (κ3) is 132. The summed E-state index contributed by atoms with van der Waals surface area (Å²) in [5, 5.41) is 0. The highest BCUT2D eigenvalue weighted by Crippen LogP contribution is 1.98. The van der Waals surface area contributed by atoms with E-state index in [9.17, 15) is 0 Å². The molecule has 0 spiro atoms. The average Bonchev–Trinajstić information content (AvgIpc) is 0.811. The zero-order valence-electron chi connectivity index (χ0n) is 2.46. The summed E-state index contributed by atoms with van der Waals surface area (Å²) in [5.74, 6) is 0. The second-order valence-corrected chi connectivity index (χ2v) is 0.758. The second-order valence-electron chi connectivity index (χ2n) is 0.253. The van der Waals surface area contributed by atoms with Gasteiger partial charge in [0.2, 0.25) is 0 Å². The molecule has 0 aliphatic rings. The van der Waals surface area contributed by atoms with E-state index in [1.54, 1.807) is 0 Å². The Hall–Kier alpha value is 0.450. The van der Waals surface area contributed by atoms with Crippen molar-refractivity contribution in [3.05, 3.63) is 0 Å². The molecule has 0 aliphatic carbocycles. The molecule has 0 amide bonds. The van der Waals surface area contributed by atoms with Gasteiger partial charge in [-0.25, -0.2) is 0 Å². The Balaban J connectivity index is 0. The molecule has 0 rings (SSSR count). The molecule has 0 aliphatic heterocycles. The zero-order valence-corrected chi connectivity index (χ0v) is 4.77. The molecule has 0 bridgehead atoms. The van der Waals surface area contributed by atoms with E-state index in [-0.39, 0.29) is 9.90 Å². The summed E-state index contributed by atoms with van der Waals surface area (Å²) >= 11 is 0. The minimum absolute atomic E-state index is 0. The summed E-state index contributed by atoms with van der Waals surface area (Å²) in [6.07, 6.45) is 0. The van der Waals surface area contributed by atoms with Crippen LogP contribution >= 0.6 is 18.2 Å². The van der Waals surface area contributed by atoms with Crippen molar-refractivity contribution < 1.29 is 14.4 Å². The van der Waals surface area contributed by atoms with Crippen LogP contribution in [0.25, 0.3) is 0 Å². The summed E-state index contributed by atoms with van der Waals surface area (Å²) in [6, 6.07) is 0. The minimum atomic E-state index is -2.87. The molecule has 0 saturated carbocycles. The molecule has 0 aromatic carbocycles. The van der Waals surface area contributed by atoms with Gasteiger partial charge in [-0.1, -0.05) is 0 Å². The van der Waals surface area contributed by atoms with Gasteiger partial charge in [-0.3, -0.25) is 0 Å². The van der Waals surface area contributed by atoms with Gasteiger partial charge in [0, 0.05) is 4.57 Å². The molecule has 5 heavy (non-hydrogen) atoms. The van der Waals surface area contributed by atoms with Crippen LogP contribution in [0, 0.1) is 0 Å². The molecular weight excluding hydrogens is 110 g/mol. The number of rotatable bonds is 0. The normalized spacial score (nSPS) is 5.20. The lowest BCUT2D eigenvalue weighted by molar-refractivity contribution is 0.405. The van der Waals surface area contributed by atoms with Crippen LogP contribution in [0.3, 0.4) is 0 Å². The van der Waals surface area contributed by atoms with Crippen LogP contribution in [0.15, 0.2) is 0 Å². The molecule has 0 fully saturated rings. The van der Waals surface area contributed by atoms with Gasteiger partial charge < -0.3 is 0 Å². The van der Waals surface area contributed by atoms with E-state index in [4.69, 9.17) is 14.4 Å². The fourth-order valence-corrected chi connectivity index (χ4v) is 0. The van der Waals surface area contributed by atoms with Crippen molar-refractivity contribution in [3.8, 4) is 0 Å². The molecule has 0 aromatic heterocycles. The van der Waals surface area contributed by atoms with Gasteiger partial charge in [0.1, 0.15) is 0 Å². The molecule has 5 heteroatoms. The van der Waals surface area contributed by atoms with Gasteiger partial charge in [-0.2, -0.15) is 9.90 Å². The first-order chi connectivity index (χ1) is 1.73. The van der Waals surface area contributed by atoms with Crippen molar-refractivity contribution in [1.82, 2.24) is 0 Å². The second kappa shape index (κ2) is 4.45. The molecule has 0 heterocycles. The lowest BCUT2D eigenvalue weighted by Crippen LogP contribution is -1.38. The Kier molecular flexibility index (Phi) is 8.07. The van der Waals surface area contributed by atoms with Gasteiger partial charge in [-0.05, 0) is 0 Å². The van der Waals surface area contributed by atoms with Crippen molar-refractivity contribution in [2.75, 3.05) is 0 Å². The van der Waals surface area contributed by atoms with Gasteiger partial charge in [-0.15, -0.1) is 9.79 Å². The molecule has 0 radical (unpaired) electrons. The quantitative estimate of drug-likeness (QED) is 0.425. The maximum absolute atomic E-state index is 8.70. The molecular formula is H5O3P2+. The number of hydrogen-bond donors (Lipinski definition) is 2. The van der Waals surface area contributed by atoms with E-state index in [1.165, 1.54) is 0 Å². The number of hydrogen-bond acceptors (Lipinski definition) is 1. The van der Waals surface area contributed by atoms with Crippen LogP contribution in [-0.4, -0.2) is 9.79 Å². The largest absolute Gasteiger partial charge is 0.692 e. The molecule has 0 aromatic rings. The Morgan fingerprint density at radius 1 is 1.40 bits per heavy atom. The zero-order chi connectivity index (χ0) is 3.58. The van der Waals surface area contributed by atoms with Crippen LogP contribution in [0.4, 0.5) is 0 Å². The van der Waals surface area contributed by atoms with Crippen molar-refractivity contribution in [1.29, 1.82) is 0 Å². The summed E-state index contributed by atoms with van der Waals surface area (Å²) in [5.41, 5.74) is 0. The first kappa shape index (κ1) is 9.07. The maximum Gasteiger partial charge on any atom is 0.692 e. The topological polar surface area (TPSA) is 57.5 Å². The monoisotopic (exact) mass is 115 g/mol. The molecule has 1 unspecified atom stereocenters. The molecule has 2 N–H and O–H groups in total. The van der Waals surface area contributed by atoms with Crippen LogP contribution in [0.1, 0.15) is 0 Å². The predicted molar refractivity (Wildman–Crippen MR) is 23.1 cm³/mol. The van der Waals surface area contributed by atoms with Crippen molar-refractivity contribution in [2.24, 2.45) is 0 Å². The summed E-state index contributed by atoms with van der Waals surface area (Å²) in [4.78, 5) is 14.2. The summed E-state index contributed by atoms with van der Waals surface area (Å²) in [7, 11) is -2.87. The van der Waals surface area contributed by atoms with Gasteiger partial charge in [0.15, 0.2) is 0 Å². The highest BCUT2D eigenvalue weighted by Gasteiger charge is 1.93. The van der Waals surface area contributed by atoms with E-state index in [2.05, 4.69) is 0 Å². The maximum atomic E-state index is 8.70. The average molecular weight is 115 g/mol. The van der Waals surface area contributed by atoms with Crippen molar-refractivity contribution >= 4 is 18.2 Å². The minimum Gasteiger partial charge on any atom is -0.153 e. The predicted octanol–water partition coefficient (Wildman–Crippen LogP) is -0.314. The first-order valence-corrected chi connectivity index (χ1v) is 1.75. The highest BCUT2D eigenvalue weighted by atomic mass is 31.1. The van der Waals surface area contributed by atoms with E-state index in [0.29, 0.717) is 0 Å². The molecule has 32 valence electrons. The van der Waals surface area contributed by atoms with Crippen molar-refractivity contribution in [2.45, 2.75) is 0 Å². The Labute approximate surface area is 33.6 Å². The highest BCUT2D eigenvalue weighted by molar-refractivity contribution is 7.30. The SMILES string of the molecule is O=[P+](O)O.P. The summed E-state index contributed by atoms with van der Waals surface area (Å²) in [6.45, 7) is 0. The van der Waals surface area contributed by atoms with Gasteiger partial charge in [0.25, 0.3) is 0 Å². The van der Waals surface area contributed by atoms with Crippen molar-refractivity contribution in [3.63, 3.8) is 0 Å².